The molecule has 0 fully saturated rings. The Bertz CT molecular complexity index is 353. The number of nitrogens with one attached hydrogen (secondary N) is 1. The summed E-state index contributed by atoms with van der Waals surface area (Å²) in [5, 5.41) is 8.94. The monoisotopic (exact) mass is 185 g/mol. The van der Waals surface area contributed by atoms with Crippen molar-refractivity contribution in [3.63, 3.8) is 0 Å². The molecular formula is C8H11NO2S. The molecule has 1 rings (SSSR count). The van der Waals surface area contributed by atoms with Crippen molar-refractivity contribution in [2.45, 2.75) is 5.75 Å². The molecule has 0 aliphatic heterocycles. The Labute approximate surface area is 72.0 Å². The van der Waals surface area contributed by atoms with E-state index in [1.807, 2.05) is 0 Å². The zero-order valence-electron chi connectivity index (χ0n) is 6.78. The first-order valence-electron chi connectivity index (χ1n) is 3.47. The fourth-order valence-corrected chi connectivity index (χ4v) is 1.74. The molecule has 0 amide bonds. The molecule has 1 aromatic rings. The highest BCUT2D eigenvalue weighted by molar-refractivity contribution is 7.90. The number of hydrogen-bond acceptors (Lipinski definition) is 3. The summed E-state index contributed by atoms with van der Waals surface area (Å²) in [6.07, 6.45) is 1.40. The van der Waals surface area contributed by atoms with Crippen LogP contribution in [-0.4, -0.2) is 15.6 Å². The van der Waals surface area contributed by atoms with Crippen molar-refractivity contribution in [3.05, 3.63) is 29.8 Å². The fourth-order valence-electron chi connectivity index (χ4n) is 0.910. The van der Waals surface area contributed by atoms with Crippen LogP contribution in [0, 0.1) is 4.78 Å². The Morgan fingerprint density at radius 3 is 2.33 bits per heavy atom. The normalized spacial score (nSPS) is 15.4. The van der Waals surface area contributed by atoms with E-state index in [-0.39, 0.29) is 11.5 Å². The van der Waals surface area contributed by atoms with Crippen molar-refractivity contribution >= 4 is 9.73 Å². The van der Waals surface area contributed by atoms with Crippen molar-refractivity contribution in [1.82, 2.24) is 0 Å². The van der Waals surface area contributed by atoms with Crippen LogP contribution in [0.25, 0.3) is 0 Å². The molecule has 0 saturated heterocycles. The average Bonchev–Trinajstić information content (AvgIpc) is 1.91. The van der Waals surface area contributed by atoms with Gasteiger partial charge in [0.15, 0.2) is 0 Å². The van der Waals surface area contributed by atoms with Crippen molar-refractivity contribution in [3.8, 4) is 5.75 Å². The third-order valence-corrected chi connectivity index (χ3v) is 2.26. The molecule has 0 heterocycles. The van der Waals surface area contributed by atoms with Crippen LogP contribution in [0.15, 0.2) is 24.3 Å². The quantitative estimate of drug-likeness (QED) is 0.734. The summed E-state index contributed by atoms with van der Waals surface area (Å²) in [7, 11) is -2.47. The van der Waals surface area contributed by atoms with Gasteiger partial charge in [0.05, 0.1) is 5.75 Å². The van der Waals surface area contributed by atoms with Gasteiger partial charge in [0.1, 0.15) is 5.75 Å². The molecule has 3 nitrogen and oxygen atoms in total. The summed E-state index contributed by atoms with van der Waals surface area (Å²) in [6.45, 7) is 0. The summed E-state index contributed by atoms with van der Waals surface area (Å²) in [6, 6.07) is 6.40. The Morgan fingerprint density at radius 1 is 1.42 bits per heavy atom. The molecule has 0 aliphatic rings. The molecule has 66 valence electrons. The molecule has 0 radical (unpaired) electrons. The molecule has 0 spiro atoms. The second-order valence-electron chi connectivity index (χ2n) is 2.82. The zero-order chi connectivity index (χ0) is 9.19. The van der Waals surface area contributed by atoms with Crippen LogP contribution in [0.1, 0.15) is 5.56 Å². The Hall–Kier alpha value is -1.03. The highest BCUT2D eigenvalue weighted by atomic mass is 32.2. The minimum Gasteiger partial charge on any atom is -0.508 e. The van der Waals surface area contributed by atoms with Crippen LogP contribution in [0.5, 0.6) is 5.75 Å². The van der Waals surface area contributed by atoms with E-state index in [4.69, 9.17) is 9.89 Å². The number of phenolic OH excluding ortho intramolecular Hbond substituents is 1. The standard InChI is InChI=1S/C8H11NO2S/c1-12(9,11)6-7-2-4-8(10)5-3-7/h2-5,9-10H,6H2,1H3. The van der Waals surface area contributed by atoms with Gasteiger partial charge in [-0.3, -0.25) is 4.78 Å². The van der Waals surface area contributed by atoms with Gasteiger partial charge in [-0.2, -0.15) is 0 Å². The van der Waals surface area contributed by atoms with Crippen molar-refractivity contribution in [2.75, 3.05) is 6.26 Å². The largest absolute Gasteiger partial charge is 0.508 e. The van der Waals surface area contributed by atoms with Crippen LogP contribution in [0.3, 0.4) is 0 Å². The molecule has 2 N–H and O–H groups in total. The molecule has 0 aliphatic carbocycles. The number of hydrogen-bond donors (Lipinski definition) is 2. The maximum atomic E-state index is 11.0. The second kappa shape index (κ2) is 3.15. The average molecular weight is 185 g/mol. The van der Waals surface area contributed by atoms with E-state index in [1.54, 1.807) is 12.1 Å². The number of rotatable bonds is 2. The number of benzene rings is 1. The van der Waals surface area contributed by atoms with E-state index >= 15 is 0 Å². The first-order chi connectivity index (χ1) is 5.47. The lowest BCUT2D eigenvalue weighted by molar-refractivity contribution is 0.475. The molecule has 0 aromatic heterocycles. The first-order valence-corrected chi connectivity index (χ1v) is 5.60. The fraction of sp³-hybridized carbons (Fsp3) is 0.250. The predicted octanol–water partition coefficient (Wildman–Crippen LogP) is 1.57. The second-order valence-corrected chi connectivity index (χ2v) is 5.11. The summed E-state index contributed by atoms with van der Waals surface area (Å²) in [5.41, 5.74) is 0.815. The lowest BCUT2D eigenvalue weighted by Crippen LogP contribution is -1.97. The summed E-state index contributed by atoms with van der Waals surface area (Å²) in [5.74, 6) is 0.430. The van der Waals surface area contributed by atoms with Gasteiger partial charge in [-0.05, 0) is 17.7 Å². The number of phenols is 1. The summed E-state index contributed by atoms with van der Waals surface area (Å²) >= 11 is 0. The lowest BCUT2D eigenvalue weighted by atomic mass is 10.2. The Balaban J connectivity index is 2.85. The van der Waals surface area contributed by atoms with E-state index in [0.29, 0.717) is 0 Å². The Morgan fingerprint density at radius 2 is 1.92 bits per heavy atom. The maximum absolute atomic E-state index is 11.0. The van der Waals surface area contributed by atoms with Gasteiger partial charge in [-0.25, -0.2) is 4.21 Å². The smallest absolute Gasteiger partial charge is 0.115 e. The topological polar surface area (TPSA) is 61.2 Å². The van der Waals surface area contributed by atoms with Crippen LogP contribution in [-0.2, 0) is 15.5 Å². The van der Waals surface area contributed by atoms with Gasteiger partial charge in [0.2, 0.25) is 0 Å². The minimum absolute atomic E-state index is 0.186. The molecular weight excluding hydrogens is 174 g/mol. The van der Waals surface area contributed by atoms with Gasteiger partial charge in [0, 0.05) is 16.0 Å². The van der Waals surface area contributed by atoms with Crippen molar-refractivity contribution < 1.29 is 9.32 Å². The highest BCUT2D eigenvalue weighted by Crippen LogP contribution is 2.11. The summed E-state index contributed by atoms with van der Waals surface area (Å²) < 4.78 is 18.2. The van der Waals surface area contributed by atoms with Crippen LogP contribution in [0.4, 0.5) is 0 Å². The Kier molecular flexibility index (Phi) is 2.38. The van der Waals surface area contributed by atoms with Crippen LogP contribution >= 0.6 is 0 Å². The molecule has 1 aromatic carbocycles. The van der Waals surface area contributed by atoms with Gasteiger partial charge in [-0.1, -0.05) is 12.1 Å². The molecule has 1 atom stereocenters. The molecule has 0 bridgehead atoms. The SMILES string of the molecule is CS(=N)(=O)Cc1ccc(O)cc1. The number of aromatic hydroxyl groups is 1. The molecule has 0 saturated carbocycles. The van der Waals surface area contributed by atoms with Crippen LogP contribution < -0.4 is 0 Å². The van der Waals surface area contributed by atoms with E-state index in [2.05, 4.69) is 0 Å². The zero-order valence-corrected chi connectivity index (χ0v) is 7.60. The molecule has 4 heteroatoms. The van der Waals surface area contributed by atoms with E-state index in [0.717, 1.165) is 5.56 Å². The van der Waals surface area contributed by atoms with Gasteiger partial charge in [0.25, 0.3) is 0 Å². The van der Waals surface area contributed by atoms with E-state index in [9.17, 15) is 4.21 Å². The van der Waals surface area contributed by atoms with Crippen molar-refractivity contribution in [1.29, 1.82) is 4.78 Å². The van der Waals surface area contributed by atoms with Crippen molar-refractivity contribution in [2.24, 2.45) is 0 Å². The predicted molar refractivity (Wildman–Crippen MR) is 48.6 cm³/mol. The highest BCUT2D eigenvalue weighted by Gasteiger charge is 1.99. The summed E-state index contributed by atoms with van der Waals surface area (Å²) in [4.78, 5) is 0. The third-order valence-electron chi connectivity index (χ3n) is 1.38. The van der Waals surface area contributed by atoms with Gasteiger partial charge < -0.3 is 5.11 Å². The molecule has 12 heavy (non-hydrogen) atoms. The lowest BCUT2D eigenvalue weighted by Gasteiger charge is -2.00. The van der Waals surface area contributed by atoms with E-state index in [1.165, 1.54) is 18.4 Å². The van der Waals surface area contributed by atoms with Crippen LogP contribution in [0.2, 0.25) is 0 Å². The van der Waals surface area contributed by atoms with E-state index < -0.39 is 9.73 Å². The molecule has 1 unspecified atom stereocenters. The minimum atomic E-state index is -2.47. The van der Waals surface area contributed by atoms with Gasteiger partial charge in [-0.15, -0.1) is 0 Å². The third kappa shape index (κ3) is 2.92. The van der Waals surface area contributed by atoms with Gasteiger partial charge >= 0.3 is 0 Å². The first kappa shape index (κ1) is 9.06. The maximum Gasteiger partial charge on any atom is 0.115 e.